The van der Waals surface area contributed by atoms with Crippen molar-refractivity contribution in [2.75, 3.05) is 6.54 Å². The van der Waals surface area contributed by atoms with Crippen LogP contribution in [-0.4, -0.2) is 34.0 Å². The van der Waals surface area contributed by atoms with Gasteiger partial charge < -0.3 is 4.42 Å². The van der Waals surface area contributed by atoms with Gasteiger partial charge in [0.15, 0.2) is 5.69 Å². The van der Waals surface area contributed by atoms with E-state index in [2.05, 4.69) is 10.1 Å². The molecule has 3 aromatic rings. The quantitative estimate of drug-likeness (QED) is 0.666. The normalized spacial score (nSPS) is 15.2. The van der Waals surface area contributed by atoms with Crippen LogP contribution in [-0.2, 0) is 23.0 Å². The fourth-order valence-corrected chi connectivity index (χ4v) is 4.85. The van der Waals surface area contributed by atoms with Gasteiger partial charge in [0.2, 0.25) is 15.9 Å². The van der Waals surface area contributed by atoms with Crippen LogP contribution in [0.3, 0.4) is 0 Å². The first kappa shape index (κ1) is 18.8. The minimum atomic E-state index is -3.75. The Labute approximate surface area is 162 Å². The summed E-state index contributed by atoms with van der Waals surface area (Å²) in [6.45, 7) is 6.35. The zero-order chi connectivity index (χ0) is 20.1. The molecule has 2 aromatic heterocycles. The number of fused-ring (bicyclic) bond motifs is 1. The maximum absolute atomic E-state index is 13.2. The Bertz CT molecular complexity index is 1120. The Kier molecular flexibility index (Phi) is 4.59. The van der Waals surface area contributed by atoms with Crippen molar-refractivity contribution in [1.82, 2.24) is 19.1 Å². The first-order valence-corrected chi connectivity index (χ1v) is 10.5. The maximum Gasteiger partial charge on any atom is 0.247 e. The van der Waals surface area contributed by atoms with Gasteiger partial charge in [0.1, 0.15) is 11.6 Å². The lowest BCUT2D eigenvalue weighted by atomic mass is 10.1. The topological polar surface area (TPSA) is 81.2 Å². The molecule has 0 N–H and O–H groups in total. The molecule has 0 spiro atoms. The molecule has 0 aliphatic carbocycles. The SMILES string of the molecule is Cc1cnc(-c2nn(C(C)C)c3c2CN(S(=O)(=O)c2ccc(F)cc2)CC3)o1. The van der Waals surface area contributed by atoms with E-state index in [9.17, 15) is 12.8 Å². The van der Waals surface area contributed by atoms with Crippen LogP contribution in [0.15, 0.2) is 39.8 Å². The smallest absolute Gasteiger partial charge is 0.247 e. The number of benzene rings is 1. The monoisotopic (exact) mass is 404 g/mol. The van der Waals surface area contributed by atoms with Crippen LogP contribution < -0.4 is 0 Å². The van der Waals surface area contributed by atoms with Gasteiger partial charge in [0.05, 0.1) is 11.1 Å². The van der Waals surface area contributed by atoms with Gasteiger partial charge in [-0.2, -0.15) is 9.40 Å². The lowest BCUT2D eigenvalue weighted by Gasteiger charge is -2.27. The summed E-state index contributed by atoms with van der Waals surface area (Å²) in [6.07, 6.45) is 2.15. The average molecular weight is 404 g/mol. The molecule has 0 unspecified atom stereocenters. The minimum absolute atomic E-state index is 0.0714. The summed E-state index contributed by atoms with van der Waals surface area (Å²) in [5, 5.41) is 4.67. The Hall–Kier alpha value is -2.52. The number of hydrogen-bond acceptors (Lipinski definition) is 5. The summed E-state index contributed by atoms with van der Waals surface area (Å²) in [4.78, 5) is 4.34. The summed E-state index contributed by atoms with van der Waals surface area (Å²) in [5.41, 5.74) is 2.36. The zero-order valence-corrected chi connectivity index (χ0v) is 16.7. The van der Waals surface area contributed by atoms with Crippen molar-refractivity contribution in [1.29, 1.82) is 0 Å². The predicted molar refractivity (Wildman–Crippen MR) is 101 cm³/mol. The van der Waals surface area contributed by atoms with Crippen LogP contribution in [0.5, 0.6) is 0 Å². The van der Waals surface area contributed by atoms with E-state index in [0.29, 0.717) is 30.3 Å². The first-order chi connectivity index (χ1) is 13.3. The first-order valence-electron chi connectivity index (χ1n) is 9.06. The largest absolute Gasteiger partial charge is 0.440 e. The Morgan fingerprint density at radius 3 is 2.54 bits per heavy atom. The number of aromatic nitrogens is 3. The summed E-state index contributed by atoms with van der Waals surface area (Å²) in [5.74, 6) is 0.572. The van der Waals surface area contributed by atoms with Crippen LogP contribution >= 0.6 is 0 Å². The average Bonchev–Trinajstić information content (AvgIpc) is 3.25. The minimum Gasteiger partial charge on any atom is -0.440 e. The molecule has 0 bridgehead atoms. The highest BCUT2D eigenvalue weighted by molar-refractivity contribution is 7.89. The van der Waals surface area contributed by atoms with Crippen molar-refractivity contribution in [3.05, 3.63) is 53.3 Å². The van der Waals surface area contributed by atoms with Crippen molar-refractivity contribution >= 4 is 10.0 Å². The highest BCUT2D eigenvalue weighted by Gasteiger charge is 2.34. The second-order valence-corrected chi connectivity index (χ2v) is 9.07. The van der Waals surface area contributed by atoms with E-state index in [1.165, 1.54) is 16.4 Å². The van der Waals surface area contributed by atoms with Crippen LogP contribution in [0.25, 0.3) is 11.6 Å². The van der Waals surface area contributed by atoms with Crippen LogP contribution in [0, 0.1) is 12.7 Å². The van der Waals surface area contributed by atoms with Gasteiger partial charge in [0, 0.05) is 36.8 Å². The molecule has 3 heterocycles. The molecule has 0 atom stereocenters. The standard InChI is InChI=1S/C19H21FN4O3S/c1-12(2)24-17-8-9-23(28(25,26)15-6-4-14(20)5-7-15)11-16(17)18(22-24)19-21-10-13(3)27-19/h4-7,10,12H,8-9,11H2,1-3H3. The van der Waals surface area contributed by atoms with Gasteiger partial charge in [-0.1, -0.05) is 0 Å². The number of rotatable bonds is 4. The molecule has 0 saturated carbocycles. The van der Waals surface area contributed by atoms with Crippen molar-refractivity contribution in [3.8, 4) is 11.6 Å². The summed E-state index contributed by atoms with van der Waals surface area (Å²) in [7, 11) is -3.75. The number of nitrogens with zero attached hydrogens (tertiary/aromatic N) is 4. The highest BCUT2D eigenvalue weighted by atomic mass is 32.2. The summed E-state index contributed by atoms with van der Waals surface area (Å²) >= 11 is 0. The van der Waals surface area contributed by atoms with Crippen LogP contribution in [0.4, 0.5) is 4.39 Å². The molecule has 7 nitrogen and oxygen atoms in total. The maximum atomic E-state index is 13.2. The molecule has 0 radical (unpaired) electrons. The zero-order valence-electron chi connectivity index (χ0n) is 15.9. The molecule has 0 fully saturated rings. The Morgan fingerprint density at radius 1 is 1.21 bits per heavy atom. The third kappa shape index (κ3) is 3.14. The second-order valence-electron chi connectivity index (χ2n) is 7.13. The van der Waals surface area contributed by atoms with Gasteiger partial charge in [-0.3, -0.25) is 4.68 Å². The molecule has 1 aliphatic heterocycles. The number of oxazole rings is 1. The van der Waals surface area contributed by atoms with Gasteiger partial charge in [-0.05, 0) is 45.0 Å². The fourth-order valence-electron chi connectivity index (χ4n) is 3.44. The van der Waals surface area contributed by atoms with E-state index >= 15 is 0 Å². The van der Waals surface area contributed by atoms with Gasteiger partial charge in [-0.15, -0.1) is 0 Å². The molecule has 4 rings (SSSR count). The molecule has 0 saturated heterocycles. The van der Waals surface area contributed by atoms with E-state index in [4.69, 9.17) is 4.42 Å². The Balaban J connectivity index is 1.76. The van der Waals surface area contributed by atoms with E-state index in [1.54, 1.807) is 13.1 Å². The second kappa shape index (κ2) is 6.82. The number of aryl methyl sites for hydroxylation is 1. The predicted octanol–water partition coefficient (Wildman–Crippen LogP) is 3.31. The van der Waals surface area contributed by atoms with E-state index in [0.717, 1.165) is 23.4 Å². The third-order valence-electron chi connectivity index (χ3n) is 4.82. The van der Waals surface area contributed by atoms with Crippen molar-refractivity contribution < 1.29 is 17.2 Å². The number of sulfonamides is 1. The van der Waals surface area contributed by atoms with Crippen molar-refractivity contribution in [3.63, 3.8) is 0 Å². The van der Waals surface area contributed by atoms with E-state index in [-0.39, 0.29) is 17.5 Å². The van der Waals surface area contributed by atoms with Crippen LogP contribution in [0.1, 0.15) is 36.9 Å². The van der Waals surface area contributed by atoms with Crippen molar-refractivity contribution in [2.45, 2.75) is 44.7 Å². The molecule has 28 heavy (non-hydrogen) atoms. The molecule has 1 aliphatic rings. The number of hydrogen-bond donors (Lipinski definition) is 0. The van der Waals surface area contributed by atoms with Gasteiger partial charge >= 0.3 is 0 Å². The molecule has 0 amide bonds. The van der Waals surface area contributed by atoms with Gasteiger partial charge in [-0.25, -0.2) is 17.8 Å². The summed E-state index contributed by atoms with van der Waals surface area (Å²) in [6, 6.07) is 5.01. The third-order valence-corrected chi connectivity index (χ3v) is 6.67. The molecule has 148 valence electrons. The van der Waals surface area contributed by atoms with Gasteiger partial charge in [0.25, 0.3) is 0 Å². The van der Waals surface area contributed by atoms with Crippen LogP contribution in [0.2, 0.25) is 0 Å². The van der Waals surface area contributed by atoms with E-state index in [1.807, 2.05) is 18.5 Å². The molecular weight excluding hydrogens is 383 g/mol. The lowest BCUT2D eigenvalue weighted by Crippen LogP contribution is -2.36. The molecule has 1 aromatic carbocycles. The molecule has 9 heteroatoms. The lowest BCUT2D eigenvalue weighted by molar-refractivity contribution is 0.378. The fraction of sp³-hybridized carbons (Fsp3) is 0.368. The van der Waals surface area contributed by atoms with E-state index < -0.39 is 15.8 Å². The Morgan fingerprint density at radius 2 is 1.93 bits per heavy atom. The number of halogens is 1. The van der Waals surface area contributed by atoms with Crippen molar-refractivity contribution in [2.24, 2.45) is 0 Å². The highest BCUT2D eigenvalue weighted by Crippen LogP contribution is 2.33. The summed E-state index contributed by atoms with van der Waals surface area (Å²) < 4.78 is 48.2. The molecular formula is C19H21FN4O3S.